The van der Waals surface area contributed by atoms with Crippen LogP contribution >= 0.6 is 0 Å². The van der Waals surface area contributed by atoms with E-state index in [-0.39, 0.29) is 6.54 Å². The second kappa shape index (κ2) is 7.74. The highest BCUT2D eigenvalue weighted by Gasteiger charge is 2.30. The van der Waals surface area contributed by atoms with Crippen LogP contribution in [0.25, 0.3) is 0 Å². The van der Waals surface area contributed by atoms with Crippen LogP contribution in [0, 0.1) is 11.3 Å². The van der Waals surface area contributed by atoms with Gasteiger partial charge in [-0.25, -0.2) is 4.98 Å². The van der Waals surface area contributed by atoms with Crippen molar-refractivity contribution in [3.05, 3.63) is 77.5 Å². The van der Waals surface area contributed by atoms with Crippen molar-refractivity contribution in [3.63, 3.8) is 0 Å². The van der Waals surface area contributed by atoms with Crippen LogP contribution in [0.1, 0.15) is 16.7 Å². The normalized spacial score (nSPS) is 10.9. The van der Waals surface area contributed by atoms with Crippen LogP contribution in [0.2, 0.25) is 0 Å². The maximum absolute atomic E-state index is 12.8. The minimum absolute atomic E-state index is 0.192. The van der Waals surface area contributed by atoms with Crippen molar-refractivity contribution >= 4 is 17.5 Å². The molecule has 0 radical (unpaired) electrons. The number of nitriles is 1. The monoisotopic (exact) mass is 369 g/mol. The lowest BCUT2D eigenvalue weighted by Crippen LogP contribution is -2.07. The van der Waals surface area contributed by atoms with Gasteiger partial charge in [0.1, 0.15) is 5.82 Å². The number of aromatic nitrogens is 2. The van der Waals surface area contributed by atoms with Gasteiger partial charge in [-0.2, -0.15) is 23.4 Å². The molecule has 27 heavy (non-hydrogen) atoms. The third-order valence-electron chi connectivity index (χ3n) is 3.65. The van der Waals surface area contributed by atoms with Crippen molar-refractivity contribution in [2.24, 2.45) is 0 Å². The van der Waals surface area contributed by atoms with Crippen LogP contribution < -0.4 is 10.6 Å². The molecule has 0 saturated carbocycles. The number of nitrogens with zero attached hydrogens (tertiary/aromatic N) is 3. The van der Waals surface area contributed by atoms with Crippen molar-refractivity contribution in [2.45, 2.75) is 12.7 Å². The van der Waals surface area contributed by atoms with Gasteiger partial charge in [-0.1, -0.05) is 12.1 Å². The van der Waals surface area contributed by atoms with Crippen molar-refractivity contribution in [1.29, 1.82) is 5.26 Å². The van der Waals surface area contributed by atoms with E-state index in [9.17, 15) is 13.2 Å². The summed E-state index contributed by atoms with van der Waals surface area (Å²) in [7, 11) is 0. The molecule has 5 nitrogen and oxygen atoms in total. The largest absolute Gasteiger partial charge is 0.416 e. The molecular formula is C19H14F3N5. The van der Waals surface area contributed by atoms with Gasteiger partial charge in [0.15, 0.2) is 0 Å². The van der Waals surface area contributed by atoms with E-state index in [1.165, 1.54) is 12.3 Å². The molecule has 0 atom stereocenters. The predicted octanol–water partition coefficient (Wildman–Crippen LogP) is 4.72. The summed E-state index contributed by atoms with van der Waals surface area (Å²) < 4.78 is 38.3. The summed E-state index contributed by atoms with van der Waals surface area (Å²) in [5, 5.41) is 14.8. The third kappa shape index (κ3) is 4.95. The fraction of sp³-hybridized carbons (Fsp3) is 0.105. The highest BCUT2D eigenvalue weighted by Crippen LogP contribution is 2.29. The second-order valence-electron chi connectivity index (χ2n) is 5.63. The molecule has 3 aromatic rings. The lowest BCUT2D eigenvalue weighted by molar-refractivity contribution is -0.137. The van der Waals surface area contributed by atoms with Crippen molar-refractivity contribution in [2.75, 3.05) is 10.6 Å². The molecule has 2 N–H and O–H groups in total. The van der Waals surface area contributed by atoms with Crippen molar-refractivity contribution < 1.29 is 13.2 Å². The smallest absolute Gasteiger partial charge is 0.366 e. The van der Waals surface area contributed by atoms with Gasteiger partial charge in [0.05, 0.1) is 17.2 Å². The minimum atomic E-state index is -4.37. The van der Waals surface area contributed by atoms with Crippen molar-refractivity contribution in [3.8, 4) is 6.07 Å². The summed E-state index contributed by atoms with van der Waals surface area (Å²) in [6.45, 7) is 0.192. The Morgan fingerprint density at radius 1 is 1.04 bits per heavy atom. The fourth-order valence-corrected chi connectivity index (χ4v) is 2.32. The van der Waals surface area contributed by atoms with Crippen LogP contribution in [0.5, 0.6) is 0 Å². The van der Waals surface area contributed by atoms with Gasteiger partial charge < -0.3 is 10.6 Å². The quantitative estimate of drug-likeness (QED) is 0.681. The van der Waals surface area contributed by atoms with Crippen LogP contribution in [-0.2, 0) is 12.7 Å². The number of rotatable bonds is 5. The topological polar surface area (TPSA) is 73.6 Å². The SMILES string of the molecule is N#Cc1ccc(Nc2nccc(NCc3cccc(C(F)(F)F)c3)n2)cc1. The van der Waals surface area contributed by atoms with Crippen LogP contribution in [0.4, 0.5) is 30.6 Å². The van der Waals surface area contributed by atoms with Crippen LogP contribution in [0.15, 0.2) is 60.8 Å². The summed E-state index contributed by atoms with van der Waals surface area (Å²) in [5.41, 5.74) is 1.06. The van der Waals surface area contributed by atoms with Gasteiger partial charge in [-0.05, 0) is 48.0 Å². The first-order valence-corrected chi connectivity index (χ1v) is 7.94. The molecule has 2 aromatic carbocycles. The van der Waals surface area contributed by atoms with E-state index < -0.39 is 11.7 Å². The number of alkyl halides is 3. The number of halogens is 3. The zero-order chi connectivity index (χ0) is 19.3. The molecular weight excluding hydrogens is 355 g/mol. The van der Waals surface area contributed by atoms with E-state index >= 15 is 0 Å². The molecule has 8 heteroatoms. The molecule has 136 valence electrons. The minimum Gasteiger partial charge on any atom is -0.366 e. The van der Waals surface area contributed by atoms with E-state index in [1.807, 2.05) is 6.07 Å². The maximum atomic E-state index is 12.8. The number of anilines is 3. The van der Waals surface area contributed by atoms with E-state index in [0.717, 1.165) is 12.1 Å². The number of benzene rings is 2. The van der Waals surface area contributed by atoms with Crippen molar-refractivity contribution in [1.82, 2.24) is 9.97 Å². The average molecular weight is 369 g/mol. The summed E-state index contributed by atoms with van der Waals surface area (Å²) >= 11 is 0. The number of hydrogen-bond donors (Lipinski definition) is 2. The van der Waals surface area contributed by atoms with Gasteiger partial charge in [0.25, 0.3) is 0 Å². The Kier molecular flexibility index (Phi) is 5.22. The van der Waals surface area contributed by atoms with Gasteiger partial charge in [-0.15, -0.1) is 0 Å². The Balaban J connectivity index is 1.66. The van der Waals surface area contributed by atoms with Gasteiger partial charge in [0.2, 0.25) is 5.95 Å². The molecule has 1 heterocycles. The molecule has 1 aromatic heterocycles. The summed E-state index contributed by atoms with van der Waals surface area (Å²) in [4.78, 5) is 8.38. The number of nitrogens with one attached hydrogen (secondary N) is 2. The van der Waals surface area contributed by atoms with Gasteiger partial charge in [-0.3, -0.25) is 0 Å². The predicted molar refractivity (Wildman–Crippen MR) is 95.2 cm³/mol. The molecule has 0 amide bonds. The first-order valence-electron chi connectivity index (χ1n) is 7.94. The van der Waals surface area contributed by atoms with Crippen LogP contribution in [0.3, 0.4) is 0 Å². The Labute approximate surface area is 153 Å². The molecule has 0 unspecified atom stereocenters. The lowest BCUT2D eigenvalue weighted by atomic mass is 10.1. The summed E-state index contributed by atoms with van der Waals surface area (Å²) in [5.74, 6) is 0.798. The van der Waals surface area contributed by atoms with Crippen LogP contribution in [-0.4, -0.2) is 9.97 Å². The zero-order valence-corrected chi connectivity index (χ0v) is 14.0. The Bertz CT molecular complexity index is 962. The fourth-order valence-electron chi connectivity index (χ4n) is 2.32. The van der Waals surface area contributed by atoms with Gasteiger partial charge >= 0.3 is 6.18 Å². The molecule has 0 aliphatic rings. The third-order valence-corrected chi connectivity index (χ3v) is 3.65. The molecule has 0 bridgehead atoms. The lowest BCUT2D eigenvalue weighted by Gasteiger charge is -2.11. The molecule has 0 aliphatic heterocycles. The molecule has 0 aliphatic carbocycles. The molecule has 0 spiro atoms. The summed E-state index contributed by atoms with van der Waals surface area (Å²) in [6, 6.07) is 15.6. The zero-order valence-electron chi connectivity index (χ0n) is 14.0. The highest BCUT2D eigenvalue weighted by molar-refractivity contribution is 5.56. The maximum Gasteiger partial charge on any atom is 0.416 e. The Morgan fingerprint density at radius 2 is 1.81 bits per heavy atom. The molecule has 3 rings (SSSR count). The molecule has 0 saturated heterocycles. The Morgan fingerprint density at radius 3 is 2.52 bits per heavy atom. The standard InChI is InChI=1S/C19H14F3N5/c20-19(21,22)15-3-1-2-14(10-15)12-25-17-8-9-24-18(27-17)26-16-6-4-13(11-23)5-7-16/h1-10H,12H2,(H2,24,25,26,27). The van der Waals surface area contributed by atoms with Gasteiger partial charge in [0, 0.05) is 18.4 Å². The summed E-state index contributed by atoms with van der Waals surface area (Å²) in [6.07, 6.45) is -2.84. The van der Waals surface area contributed by atoms with E-state index in [0.29, 0.717) is 28.6 Å². The number of hydrogen-bond acceptors (Lipinski definition) is 5. The Hall–Kier alpha value is -3.60. The first kappa shape index (κ1) is 18.2. The first-order chi connectivity index (χ1) is 12.9. The average Bonchev–Trinajstić information content (AvgIpc) is 2.67. The van der Waals surface area contributed by atoms with E-state index in [1.54, 1.807) is 36.4 Å². The second-order valence-corrected chi connectivity index (χ2v) is 5.63. The molecule has 0 fully saturated rings. The highest BCUT2D eigenvalue weighted by atomic mass is 19.4. The van der Waals surface area contributed by atoms with E-state index in [2.05, 4.69) is 20.6 Å². The van der Waals surface area contributed by atoms with E-state index in [4.69, 9.17) is 5.26 Å².